The highest BCUT2D eigenvalue weighted by Gasteiger charge is 2.23. The lowest BCUT2D eigenvalue weighted by Crippen LogP contribution is -2.08. The van der Waals surface area contributed by atoms with Crippen LogP contribution in [-0.4, -0.2) is 7.11 Å². The Hall–Kier alpha value is -1.96. The van der Waals surface area contributed by atoms with Gasteiger partial charge in [-0.15, -0.1) is 0 Å². The molecule has 0 fully saturated rings. The normalized spacial score (nSPS) is 16.9. The molecule has 104 valence electrons. The minimum absolute atomic E-state index is 0.389. The third-order valence-corrected chi connectivity index (χ3v) is 4.37. The molecule has 0 heterocycles. The summed E-state index contributed by atoms with van der Waals surface area (Å²) >= 11 is 0. The van der Waals surface area contributed by atoms with E-state index in [1.807, 2.05) is 0 Å². The maximum atomic E-state index is 5.35. The van der Waals surface area contributed by atoms with Crippen molar-refractivity contribution >= 4 is 5.69 Å². The van der Waals surface area contributed by atoms with E-state index < -0.39 is 0 Å². The van der Waals surface area contributed by atoms with Crippen molar-refractivity contribution in [2.45, 2.75) is 32.7 Å². The maximum absolute atomic E-state index is 5.35. The molecule has 1 atom stereocenters. The van der Waals surface area contributed by atoms with Gasteiger partial charge in [0.2, 0.25) is 0 Å². The number of aryl methyl sites for hydroxylation is 2. The SMILES string of the molecule is COc1ccc2c(c1)C(Nc1cccc(C)c1C)CC2. The smallest absolute Gasteiger partial charge is 0.119 e. The average molecular weight is 267 g/mol. The number of hydrogen-bond donors (Lipinski definition) is 1. The highest BCUT2D eigenvalue weighted by molar-refractivity contribution is 5.56. The molecule has 2 aromatic rings. The third-order valence-electron chi connectivity index (χ3n) is 4.37. The Bertz CT molecular complexity index is 633. The van der Waals surface area contributed by atoms with Crippen LogP contribution in [0.25, 0.3) is 0 Å². The summed E-state index contributed by atoms with van der Waals surface area (Å²) in [5.41, 5.74) is 6.73. The molecule has 0 saturated carbocycles. The van der Waals surface area contributed by atoms with E-state index in [1.165, 1.54) is 27.9 Å². The lowest BCUT2D eigenvalue weighted by atomic mass is 10.0. The first-order valence-corrected chi connectivity index (χ1v) is 7.18. The van der Waals surface area contributed by atoms with E-state index in [0.717, 1.165) is 18.6 Å². The summed E-state index contributed by atoms with van der Waals surface area (Å²) in [6.07, 6.45) is 2.29. The Kier molecular flexibility index (Phi) is 3.39. The number of anilines is 1. The van der Waals surface area contributed by atoms with Crippen molar-refractivity contribution in [1.82, 2.24) is 0 Å². The van der Waals surface area contributed by atoms with E-state index >= 15 is 0 Å². The van der Waals surface area contributed by atoms with Gasteiger partial charge in [-0.05, 0) is 67.1 Å². The van der Waals surface area contributed by atoms with Crippen LogP contribution in [0.3, 0.4) is 0 Å². The second-order valence-electron chi connectivity index (χ2n) is 5.55. The van der Waals surface area contributed by atoms with Crippen molar-refractivity contribution in [3.63, 3.8) is 0 Å². The molecular formula is C18H21NO. The molecule has 1 aliphatic carbocycles. The molecule has 0 saturated heterocycles. The quantitative estimate of drug-likeness (QED) is 0.889. The molecule has 2 aromatic carbocycles. The Morgan fingerprint density at radius 3 is 2.80 bits per heavy atom. The molecule has 2 nitrogen and oxygen atoms in total. The van der Waals surface area contributed by atoms with Crippen molar-refractivity contribution in [3.8, 4) is 5.75 Å². The molecule has 0 amide bonds. The van der Waals surface area contributed by atoms with E-state index in [-0.39, 0.29) is 0 Å². The van der Waals surface area contributed by atoms with Gasteiger partial charge in [-0.3, -0.25) is 0 Å². The van der Waals surface area contributed by atoms with Crippen LogP contribution in [0.5, 0.6) is 5.75 Å². The van der Waals surface area contributed by atoms with Crippen LogP contribution in [0.15, 0.2) is 36.4 Å². The first-order chi connectivity index (χ1) is 9.69. The molecule has 0 bridgehead atoms. The van der Waals surface area contributed by atoms with Gasteiger partial charge in [0.25, 0.3) is 0 Å². The van der Waals surface area contributed by atoms with Crippen LogP contribution in [0.2, 0.25) is 0 Å². The predicted molar refractivity (Wildman–Crippen MR) is 83.6 cm³/mol. The van der Waals surface area contributed by atoms with E-state index in [4.69, 9.17) is 4.74 Å². The number of hydrogen-bond acceptors (Lipinski definition) is 2. The van der Waals surface area contributed by atoms with Crippen LogP contribution in [-0.2, 0) is 6.42 Å². The summed E-state index contributed by atoms with van der Waals surface area (Å²) in [7, 11) is 1.73. The van der Waals surface area contributed by atoms with Gasteiger partial charge in [0.15, 0.2) is 0 Å². The van der Waals surface area contributed by atoms with Gasteiger partial charge >= 0.3 is 0 Å². The number of fused-ring (bicyclic) bond motifs is 1. The minimum atomic E-state index is 0.389. The van der Waals surface area contributed by atoms with E-state index in [9.17, 15) is 0 Å². The number of rotatable bonds is 3. The van der Waals surface area contributed by atoms with Crippen molar-refractivity contribution in [1.29, 1.82) is 0 Å². The van der Waals surface area contributed by atoms with Gasteiger partial charge in [0.05, 0.1) is 13.2 Å². The lowest BCUT2D eigenvalue weighted by molar-refractivity contribution is 0.414. The van der Waals surface area contributed by atoms with Crippen LogP contribution < -0.4 is 10.1 Å². The standard InChI is InChI=1S/C18H21NO/c1-12-5-4-6-17(13(12)2)19-18-10-8-14-7-9-15(20-3)11-16(14)18/h4-7,9,11,18-19H,8,10H2,1-3H3. The van der Waals surface area contributed by atoms with Crippen LogP contribution in [0.1, 0.15) is 34.7 Å². The molecule has 20 heavy (non-hydrogen) atoms. The number of nitrogens with one attached hydrogen (secondary N) is 1. The Balaban J connectivity index is 1.89. The van der Waals surface area contributed by atoms with Gasteiger partial charge in [-0.1, -0.05) is 18.2 Å². The van der Waals surface area contributed by atoms with Crippen molar-refractivity contribution in [3.05, 3.63) is 58.7 Å². The zero-order chi connectivity index (χ0) is 14.1. The second kappa shape index (κ2) is 5.20. The maximum Gasteiger partial charge on any atom is 0.119 e. The summed E-state index contributed by atoms with van der Waals surface area (Å²) < 4.78 is 5.35. The Morgan fingerprint density at radius 2 is 2.00 bits per heavy atom. The Morgan fingerprint density at radius 1 is 1.15 bits per heavy atom. The molecule has 1 N–H and O–H groups in total. The fourth-order valence-electron chi connectivity index (χ4n) is 2.95. The molecular weight excluding hydrogens is 246 g/mol. The zero-order valence-corrected chi connectivity index (χ0v) is 12.4. The average Bonchev–Trinajstić information content (AvgIpc) is 2.86. The number of methoxy groups -OCH3 is 1. The molecule has 0 spiro atoms. The number of benzene rings is 2. The van der Waals surface area contributed by atoms with E-state index in [2.05, 4.69) is 55.6 Å². The topological polar surface area (TPSA) is 21.3 Å². The van der Waals surface area contributed by atoms with Crippen LogP contribution in [0, 0.1) is 13.8 Å². The molecule has 2 heteroatoms. The van der Waals surface area contributed by atoms with Gasteiger partial charge in [-0.2, -0.15) is 0 Å². The zero-order valence-electron chi connectivity index (χ0n) is 12.4. The van der Waals surface area contributed by atoms with E-state index in [1.54, 1.807) is 7.11 Å². The number of ether oxygens (including phenoxy) is 1. The third kappa shape index (κ3) is 2.26. The van der Waals surface area contributed by atoms with E-state index in [0.29, 0.717) is 6.04 Å². The van der Waals surface area contributed by atoms with Crippen molar-refractivity contribution in [2.24, 2.45) is 0 Å². The molecule has 3 rings (SSSR count). The highest BCUT2D eigenvalue weighted by atomic mass is 16.5. The predicted octanol–water partition coefficient (Wildman–Crippen LogP) is 4.41. The van der Waals surface area contributed by atoms with Crippen LogP contribution in [0.4, 0.5) is 5.69 Å². The largest absolute Gasteiger partial charge is 0.497 e. The first kappa shape index (κ1) is 13.0. The summed E-state index contributed by atoms with van der Waals surface area (Å²) in [6.45, 7) is 4.34. The molecule has 0 radical (unpaired) electrons. The fourth-order valence-corrected chi connectivity index (χ4v) is 2.95. The van der Waals surface area contributed by atoms with Gasteiger partial charge in [0, 0.05) is 5.69 Å². The summed E-state index contributed by atoms with van der Waals surface area (Å²) in [6, 6.07) is 13.3. The second-order valence-corrected chi connectivity index (χ2v) is 5.55. The first-order valence-electron chi connectivity index (χ1n) is 7.18. The van der Waals surface area contributed by atoms with Crippen molar-refractivity contribution in [2.75, 3.05) is 12.4 Å². The summed E-state index contributed by atoms with van der Waals surface area (Å²) in [5.74, 6) is 0.943. The van der Waals surface area contributed by atoms with Gasteiger partial charge in [0.1, 0.15) is 5.75 Å². The highest BCUT2D eigenvalue weighted by Crippen LogP contribution is 2.36. The lowest BCUT2D eigenvalue weighted by Gasteiger charge is -2.18. The molecule has 1 aliphatic rings. The van der Waals surface area contributed by atoms with Crippen molar-refractivity contribution < 1.29 is 4.74 Å². The fraction of sp³-hybridized carbons (Fsp3) is 0.333. The summed E-state index contributed by atoms with van der Waals surface area (Å²) in [4.78, 5) is 0. The molecule has 0 aliphatic heterocycles. The van der Waals surface area contributed by atoms with Gasteiger partial charge in [-0.25, -0.2) is 0 Å². The van der Waals surface area contributed by atoms with Crippen LogP contribution >= 0.6 is 0 Å². The minimum Gasteiger partial charge on any atom is -0.497 e. The molecule has 0 aromatic heterocycles. The van der Waals surface area contributed by atoms with Gasteiger partial charge < -0.3 is 10.1 Å². The molecule has 1 unspecified atom stereocenters. The monoisotopic (exact) mass is 267 g/mol. The summed E-state index contributed by atoms with van der Waals surface area (Å²) in [5, 5.41) is 3.70. The Labute approximate surface area is 120 Å².